The Labute approximate surface area is 135 Å². The van der Waals surface area contributed by atoms with Crippen LogP contribution in [0.4, 0.5) is 0 Å². The lowest BCUT2D eigenvalue weighted by Crippen LogP contribution is -2.44. The van der Waals surface area contributed by atoms with E-state index in [1.807, 2.05) is 16.3 Å². The van der Waals surface area contributed by atoms with Gasteiger partial charge in [-0.3, -0.25) is 4.79 Å². The topological polar surface area (TPSA) is 55.3 Å². The van der Waals surface area contributed by atoms with E-state index in [-0.39, 0.29) is 12.0 Å². The van der Waals surface area contributed by atoms with Gasteiger partial charge in [-0.2, -0.15) is 0 Å². The maximum absolute atomic E-state index is 12.4. The lowest BCUT2D eigenvalue weighted by Gasteiger charge is -2.32. The zero-order valence-electron chi connectivity index (χ0n) is 11.2. The number of aromatic nitrogens is 2. The molecule has 1 saturated heterocycles. The van der Waals surface area contributed by atoms with Crippen LogP contribution in [0.2, 0.25) is 0 Å². The van der Waals surface area contributed by atoms with Crippen molar-refractivity contribution in [2.45, 2.75) is 18.9 Å². The van der Waals surface area contributed by atoms with Crippen LogP contribution in [0.3, 0.4) is 0 Å². The van der Waals surface area contributed by atoms with E-state index in [2.05, 4.69) is 25.9 Å². The number of likely N-dealkylation sites (tertiary alicyclic amines) is 1. The van der Waals surface area contributed by atoms with Crippen molar-refractivity contribution in [3.63, 3.8) is 0 Å². The molecule has 2 aromatic rings. The van der Waals surface area contributed by atoms with Gasteiger partial charge in [0.25, 0.3) is 5.91 Å². The van der Waals surface area contributed by atoms with Gasteiger partial charge in [-0.05, 0) is 34.8 Å². The molecule has 0 N–H and O–H groups in total. The van der Waals surface area contributed by atoms with Crippen molar-refractivity contribution in [1.29, 1.82) is 0 Å². The molecule has 2 aromatic heterocycles. The summed E-state index contributed by atoms with van der Waals surface area (Å²) in [7, 11) is 0. The Bertz CT molecular complexity index is 620. The predicted molar refractivity (Wildman–Crippen MR) is 83.6 cm³/mol. The SMILES string of the molecule is O=C(c1cc(Br)cs1)N1CCCC(Oc2ccncn2)C1. The summed E-state index contributed by atoms with van der Waals surface area (Å²) in [5.74, 6) is 0.629. The van der Waals surface area contributed by atoms with Crippen LogP contribution in [0.1, 0.15) is 22.5 Å². The first-order valence-corrected chi connectivity index (χ1v) is 8.35. The fraction of sp³-hybridized carbons (Fsp3) is 0.357. The summed E-state index contributed by atoms with van der Waals surface area (Å²) in [6, 6.07) is 3.60. The molecule has 3 rings (SSSR count). The largest absolute Gasteiger partial charge is 0.472 e. The highest BCUT2D eigenvalue weighted by molar-refractivity contribution is 9.10. The lowest BCUT2D eigenvalue weighted by molar-refractivity contribution is 0.0531. The highest BCUT2D eigenvalue weighted by Gasteiger charge is 2.26. The Balaban J connectivity index is 1.64. The van der Waals surface area contributed by atoms with E-state index in [4.69, 9.17) is 4.74 Å². The highest BCUT2D eigenvalue weighted by Crippen LogP contribution is 2.23. The molecule has 0 saturated carbocycles. The molecule has 1 aliphatic heterocycles. The molecule has 1 atom stereocenters. The van der Waals surface area contributed by atoms with Crippen LogP contribution < -0.4 is 4.74 Å². The van der Waals surface area contributed by atoms with Crippen LogP contribution in [-0.4, -0.2) is 40.0 Å². The summed E-state index contributed by atoms with van der Waals surface area (Å²) in [6.45, 7) is 1.37. The van der Waals surface area contributed by atoms with E-state index in [0.717, 1.165) is 28.7 Å². The first kappa shape index (κ1) is 14.5. The Kier molecular flexibility index (Phi) is 4.50. The number of nitrogens with zero attached hydrogens (tertiary/aromatic N) is 3. The molecular weight excluding hydrogens is 354 g/mol. The molecule has 1 amide bonds. The lowest BCUT2D eigenvalue weighted by atomic mass is 10.1. The number of hydrogen-bond acceptors (Lipinski definition) is 5. The van der Waals surface area contributed by atoms with Crippen LogP contribution in [0.25, 0.3) is 0 Å². The van der Waals surface area contributed by atoms with Gasteiger partial charge < -0.3 is 9.64 Å². The number of hydrogen-bond donors (Lipinski definition) is 0. The minimum Gasteiger partial charge on any atom is -0.472 e. The van der Waals surface area contributed by atoms with Gasteiger partial charge in [0.2, 0.25) is 5.88 Å². The number of carbonyl (C=O) groups excluding carboxylic acids is 1. The summed E-state index contributed by atoms with van der Waals surface area (Å²) in [5.41, 5.74) is 0. The van der Waals surface area contributed by atoms with Gasteiger partial charge in [0.05, 0.1) is 11.4 Å². The molecule has 0 radical (unpaired) electrons. The first-order valence-electron chi connectivity index (χ1n) is 6.68. The van der Waals surface area contributed by atoms with E-state index >= 15 is 0 Å². The third-order valence-corrected chi connectivity index (χ3v) is 4.96. The molecule has 0 bridgehead atoms. The molecule has 1 fully saturated rings. The van der Waals surface area contributed by atoms with Crippen molar-refractivity contribution in [1.82, 2.24) is 14.9 Å². The normalized spacial score (nSPS) is 18.5. The number of piperidine rings is 1. The molecule has 1 unspecified atom stereocenters. The summed E-state index contributed by atoms with van der Waals surface area (Å²) >= 11 is 4.84. The zero-order valence-corrected chi connectivity index (χ0v) is 13.6. The summed E-state index contributed by atoms with van der Waals surface area (Å²) < 4.78 is 6.77. The number of amides is 1. The predicted octanol–water partition coefficient (Wildman–Crippen LogP) is 2.98. The number of carbonyl (C=O) groups is 1. The van der Waals surface area contributed by atoms with Crippen LogP contribution in [0.5, 0.6) is 5.88 Å². The van der Waals surface area contributed by atoms with Gasteiger partial charge in [-0.15, -0.1) is 11.3 Å². The smallest absolute Gasteiger partial charge is 0.264 e. The van der Waals surface area contributed by atoms with Gasteiger partial charge in [0.15, 0.2) is 0 Å². The maximum atomic E-state index is 12.4. The second kappa shape index (κ2) is 6.53. The Morgan fingerprint density at radius 2 is 2.43 bits per heavy atom. The van der Waals surface area contributed by atoms with Crippen molar-refractivity contribution in [2.24, 2.45) is 0 Å². The van der Waals surface area contributed by atoms with Gasteiger partial charge in [0.1, 0.15) is 12.4 Å². The summed E-state index contributed by atoms with van der Waals surface area (Å²) in [6.07, 6.45) is 4.97. The van der Waals surface area contributed by atoms with Crippen molar-refractivity contribution < 1.29 is 9.53 Å². The quantitative estimate of drug-likeness (QED) is 0.836. The van der Waals surface area contributed by atoms with Gasteiger partial charge in [0, 0.05) is 28.7 Å². The Morgan fingerprint density at radius 1 is 1.52 bits per heavy atom. The highest BCUT2D eigenvalue weighted by atomic mass is 79.9. The number of thiophene rings is 1. The van der Waals surface area contributed by atoms with E-state index in [0.29, 0.717) is 12.4 Å². The zero-order chi connectivity index (χ0) is 14.7. The minimum absolute atomic E-state index is 0.0130. The first-order chi connectivity index (χ1) is 10.2. The van der Waals surface area contributed by atoms with E-state index < -0.39 is 0 Å². The van der Waals surface area contributed by atoms with Crippen molar-refractivity contribution >= 4 is 33.2 Å². The van der Waals surface area contributed by atoms with Crippen molar-refractivity contribution in [3.8, 4) is 5.88 Å². The molecule has 0 aromatic carbocycles. The number of rotatable bonds is 3. The van der Waals surface area contributed by atoms with Crippen LogP contribution in [-0.2, 0) is 0 Å². The van der Waals surface area contributed by atoms with Gasteiger partial charge in [-0.1, -0.05) is 0 Å². The third-order valence-electron chi connectivity index (χ3n) is 3.29. The van der Waals surface area contributed by atoms with E-state index in [1.54, 1.807) is 12.3 Å². The fourth-order valence-electron chi connectivity index (χ4n) is 2.32. The Hall–Kier alpha value is -1.47. The molecule has 21 heavy (non-hydrogen) atoms. The van der Waals surface area contributed by atoms with Crippen LogP contribution >= 0.6 is 27.3 Å². The van der Waals surface area contributed by atoms with Crippen molar-refractivity contribution in [3.05, 3.63) is 39.4 Å². The van der Waals surface area contributed by atoms with Crippen LogP contribution in [0, 0.1) is 0 Å². The molecule has 0 spiro atoms. The van der Waals surface area contributed by atoms with E-state index in [1.165, 1.54) is 17.7 Å². The molecular formula is C14H14BrN3O2S. The third kappa shape index (κ3) is 3.59. The van der Waals surface area contributed by atoms with Crippen molar-refractivity contribution in [2.75, 3.05) is 13.1 Å². The van der Waals surface area contributed by atoms with E-state index in [9.17, 15) is 4.79 Å². The maximum Gasteiger partial charge on any atom is 0.264 e. The average Bonchev–Trinajstić information content (AvgIpc) is 2.94. The van der Waals surface area contributed by atoms with Gasteiger partial charge in [-0.25, -0.2) is 9.97 Å². The number of halogens is 1. The number of ether oxygens (including phenoxy) is 1. The van der Waals surface area contributed by atoms with Gasteiger partial charge >= 0.3 is 0 Å². The molecule has 1 aliphatic rings. The molecule has 0 aliphatic carbocycles. The molecule has 7 heteroatoms. The molecule has 3 heterocycles. The second-order valence-corrected chi connectivity index (χ2v) is 6.64. The van der Waals surface area contributed by atoms with Crippen LogP contribution in [0.15, 0.2) is 34.5 Å². The fourth-order valence-corrected chi connectivity index (χ4v) is 3.71. The summed E-state index contributed by atoms with van der Waals surface area (Å²) in [4.78, 5) is 23.0. The summed E-state index contributed by atoms with van der Waals surface area (Å²) in [5, 5.41) is 1.92. The standard InChI is InChI=1S/C14H14BrN3O2S/c15-10-6-12(21-8-10)14(19)18-5-1-2-11(7-18)20-13-3-4-16-9-17-13/h3-4,6,8-9,11H,1-2,5,7H2. The molecule has 110 valence electrons. The monoisotopic (exact) mass is 367 g/mol. The molecule has 5 nitrogen and oxygen atoms in total. The Morgan fingerprint density at radius 3 is 3.14 bits per heavy atom. The second-order valence-electron chi connectivity index (χ2n) is 4.81. The minimum atomic E-state index is -0.0130. The average molecular weight is 368 g/mol.